The van der Waals surface area contributed by atoms with Crippen molar-refractivity contribution in [3.8, 4) is 0 Å². The highest BCUT2D eigenvalue weighted by atomic mass is 16.4. The van der Waals surface area contributed by atoms with Gasteiger partial charge in [0.1, 0.15) is 0 Å². The summed E-state index contributed by atoms with van der Waals surface area (Å²) in [5, 5.41) is 24.6. The third-order valence-electron chi connectivity index (χ3n) is 1.48. The monoisotopic (exact) mass is 218 g/mol. The Labute approximate surface area is 91.2 Å². The van der Waals surface area contributed by atoms with Crippen molar-refractivity contribution in [1.82, 2.24) is 0 Å². The predicted molar refractivity (Wildman–Crippen MR) is 59.7 cm³/mol. The van der Waals surface area contributed by atoms with Crippen molar-refractivity contribution in [3.63, 3.8) is 0 Å². The normalized spacial score (nSPS) is 8.80. The number of hydrogen-bond donors (Lipinski definition) is 3. The Morgan fingerprint density at radius 1 is 1.00 bits per heavy atom. The number of allylic oxidation sites excluding steroid dienone is 1. The van der Waals surface area contributed by atoms with Crippen LogP contribution in [-0.2, 0) is 4.79 Å². The Balaban J connectivity index is 0. The Bertz CT molecular complexity index is 165. The maximum Gasteiger partial charge on any atom is 0.328 e. The van der Waals surface area contributed by atoms with E-state index in [9.17, 15) is 4.79 Å². The molecule has 0 aromatic heterocycles. The molecule has 0 spiro atoms. The Morgan fingerprint density at radius 2 is 1.40 bits per heavy atom. The smallest absolute Gasteiger partial charge is 0.328 e. The molecule has 4 nitrogen and oxygen atoms in total. The van der Waals surface area contributed by atoms with Crippen LogP contribution in [-0.4, -0.2) is 34.5 Å². The first kappa shape index (κ1) is 16.6. The van der Waals surface area contributed by atoms with Gasteiger partial charge in [-0.3, -0.25) is 0 Å². The summed E-state index contributed by atoms with van der Waals surface area (Å²) in [6.45, 7) is 4.05. The first-order valence-electron chi connectivity index (χ1n) is 5.14. The van der Waals surface area contributed by atoms with Crippen molar-refractivity contribution < 1.29 is 20.1 Å². The lowest BCUT2D eigenvalue weighted by molar-refractivity contribution is -0.131. The number of aliphatic hydroxyl groups is 2. The molecule has 15 heavy (non-hydrogen) atoms. The van der Waals surface area contributed by atoms with E-state index in [2.05, 4.69) is 0 Å². The first-order valence-corrected chi connectivity index (χ1v) is 5.14. The molecule has 0 aromatic carbocycles. The zero-order valence-corrected chi connectivity index (χ0v) is 9.57. The van der Waals surface area contributed by atoms with Crippen LogP contribution in [0, 0.1) is 0 Å². The lowest BCUT2D eigenvalue weighted by Gasteiger charge is -1.93. The van der Waals surface area contributed by atoms with Gasteiger partial charge in [-0.25, -0.2) is 4.79 Å². The molecule has 0 bridgehead atoms. The number of aliphatic hydroxyl groups excluding tert-OH is 2. The number of carboxylic acids is 1. The molecule has 0 fully saturated rings. The minimum absolute atomic E-state index is 0.283. The van der Waals surface area contributed by atoms with Crippen LogP contribution in [0.3, 0.4) is 0 Å². The zero-order chi connectivity index (χ0) is 12.1. The number of aliphatic carboxylic acids is 1. The molecule has 0 aromatic rings. The topological polar surface area (TPSA) is 77.8 Å². The average molecular weight is 218 g/mol. The van der Waals surface area contributed by atoms with Gasteiger partial charge < -0.3 is 15.3 Å². The fraction of sp³-hybridized carbons (Fsp3) is 0.727. The molecule has 0 aliphatic rings. The minimum Gasteiger partial charge on any atom is -0.478 e. The second-order valence-electron chi connectivity index (χ2n) is 3.42. The summed E-state index contributed by atoms with van der Waals surface area (Å²) in [5.41, 5.74) is 0.813. The number of carboxylic acid groups (broad SMARTS) is 1. The van der Waals surface area contributed by atoms with Gasteiger partial charge in [-0.05, 0) is 26.7 Å². The van der Waals surface area contributed by atoms with E-state index in [1.165, 1.54) is 6.08 Å². The molecule has 0 atom stereocenters. The third kappa shape index (κ3) is 24.6. The van der Waals surface area contributed by atoms with E-state index in [-0.39, 0.29) is 13.2 Å². The van der Waals surface area contributed by atoms with Crippen LogP contribution in [0.25, 0.3) is 0 Å². The van der Waals surface area contributed by atoms with E-state index >= 15 is 0 Å². The van der Waals surface area contributed by atoms with Crippen LogP contribution in [0.4, 0.5) is 0 Å². The largest absolute Gasteiger partial charge is 0.478 e. The van der Waals surface area contributed by atoms with Crippen LogP contribution < -0.4 is 0 Å². The van der Waals surface area contributed by atoms with Gasteiger partial charge in [0.05, 0.1) is 0 Å². The number of unbranched alkanes of at least 4 members (excludes halogenated alkanes) is 3. The average Bonchev–Trinajstić information content (AvgIpc) is 2.11. The predicted octanol–water partition coefficient (Wildman–Crippen LogP) is 1.57. The van der Waals surface area contributed by atoms with Gasteiger partial charge in [0.25, 0.3) is 0 Å². The summed E-state index contributed by atoms with van der Waals surface area (Å²) < 4.78 is 0. The summed E-state index contributed by atoms with van der Waals surface area (Å²) in [5.74, 6) is -0.875. The van der Waals surface area contributed by atoms with Gasteiger partial charge in [0.2, 0.25) is 0 Å². The lowest BCUT2D eigenvalue weighted by atomic mass is 10.2. The summed E-state index contributed by atoms with van der Waals surface area (Å²) in [6, 6.07) is 0. The van der Waals surface area contributed by atoms with Crippen molar-refractivity contribution in [2.45, 2.75) is 39.5 Å². The van der Waals surface area contributed by atoms with E-state index in [1.54, 1.807) is 13.8 Å². The van der Waals surface area contributed by atoms with Crippen LogP contribution in [0.1, 0.15) is 39.5 Å². The highest BCUT2D eigenvalue weighted by Crippen LogP contribution is 1.96. The summed E-state index contributed by atoms with van der Waals surface area (Å²) in [7, 11) is 0. The van der Waals surface area contributed by atoms with Crippen LogP contribution in [0.2, 0.25) is 0 Å². The Morgan fingerprint density at radius 3 is 1.53 bits per heavy atom. The molecule has 0 rings (SSSR count). The molecular formula is C11H22O4. The first-order chi connectivity index (χ1) is 7.04. The fourth-order valence-electron chi connectivity index (χ4n) is 0.824. The van der Waals surface area contributed by atoms with E-state index in [0.29, 0.717) is 0 Å². The highest BCUT2D eigenvalue weighted by molar-refractivity contribution is 5.80. The Kier molecular flexibility index (Phi) is 14.5. The molecule has 4 heteroatoms. The summed E-state index contributed by atoms with van der Waals surface area (Å²) >= 11 is 0. The molecule has 0 aliphatic carbocycles. The summed E-state index contributed by atoms with van der Waals surface area (Å²) in [6.07, 6.45) is 4.99. The molecule has 0 unspecified atom stereocenters. The van der Waals surface area contributed by atoms with Gasteiger partial charge in [-0.1, -0.05) is 18.4 Å². The van der Waals surface area contributed by atoms with Crippen molar-refractivity contribution in [2.75, 3.05) is 13.2 Å². The molecule has 0 heterocycles. The van der Waals surface area contributed by atoms with E-state index in [0.717, 1.165) is 31.3 Å². The van der Waals surface area contributed by atoms with Crippen molar-refractivity contribution in [1.29, 1.82) is 0 Å². The van der Waals surface area contributed by atoms with Gasteiger partial charge in [0, 0.05) is 19.3 Å². The number of hydrogen-bond acceptors (Lipinski definition) is 3. The highest BCUT2D eigenvalue weighted by Gasteiger charge is 1.85. The lowest BCUT2D eigenvalue weighted by Crippen LogP contribution is -1.86. The standard InChI is InChI=1S/C6H14O2.C5H8O2/c7-5-3-1-2-4-6-8;1-4(2)3-5(6)7/h7-8H,1-6H2;3H,1-2H3,(H,6,7). The SMILES string of the molecule is CC(C)=CC(=O)O.OCCCCCCO. The molecule has 0 aliphatic heterocycles. The van der Waals surface area contributed by atoms with Gasteiger partial charge in [0.15, 0.2) is 0 Å². The molecule has 3 N–H and O–H groups in total. The van der Waals surface area contributed by atoms with E-state index in [4.69, 9.17) is 15.3 Å². The van der Waals surface area contributed by atoms with E-state index in [1.807, 2.05) is 0 Å². The third-order valence-corrected chi connectivity index (χ3v) is 1.48. The molecule has 0 radical (unpaired) electrons. The molecule has 0 saturated carbocycles. The quantitative estimate of drug-likeness (QED) is 0.467. The fourth-order valence-corrected chi connectivity index (χ4v) is 0.824. The number of rotatable bonds is 6. The van der Waals surface area contributed by atoms with Crippen molar-refractivity contribution in [2.24, 2.45) is 0 Å². The summed E-state index contributed by atoms with van der Waals surface area (Å²) in [4.78, 5) is 9.73. The van der Waals surface area contributed by atoms with Crippen LogP contribution >= 0.6 is 0 Å². The molecular weight excluding hydrogens is 196 g/mol. The molecule has 0 amide bonds. The van der Waals surface area contributed by atoms with Crippen molar-refractivity contribution in [3.05, 3.63) is 11.6 Å². The minimum atomic E-state index is -0.875. The molecule has 90 valence electrons. The van der Waals surface area contributed by atoms with Crippen LogP contribution in [0.15, 0.2) is 11.6 Å². The second kappa shape index (κ2) is 13.1. The maximum absolute atomic E-state index is 9.73. The zero-order valence-electron chi connectivity index (χ0n) is 9.57. The Hall–Kier alpha value is -0.870. The maximum atomic E-state index is 9.73. The number of carbonyl (C=O) groups is 1. The van der Waals surface area contributed by atoms with Crippen molar-refractivity contribution >= 4 is 5.97 Å². The van der Waals surface area contributed by atoms with Crippen LogP contribution in [0.5, 0.6) is 0 Å². The van der Waals surface area contributed by atoms with E-state index < -0.39 is 5.97 Å². The molecule has 0 saturated heterocycles. The second-order valence-corrected chi connectivity index (χ2v) is 3.42. The van der Waals surface area contributed by atoms with Gasteiger partial charge in [-0.15, -0.1) is 0 Å². The van der Waals surface area contributed by atoms with Gasteiger partial charge in [-0.2, -0.15) is 0 Å². The van der Waals surface area contributed by atoms with Gasteiger partial charge >= 0.3 is 5.97 Å².